The monoisotopic (exact) mass is 406 g/mol. The minimum atomic E-state index is -3.95. The van der Waals surface area contributed by atoms with Crippen LogP contribution in [0.3, 0.4) is 0 Å². The molecule has 1 atom stereocenters. The van der Waals surface area contributed by atoms with Crippen molar-refractivity contribution in [3.8, 4) is 5.75 Å². The van der Waals surface area contributed by atoms with Crippen molar-refractivity contribution >= 4 is 33.3 Å². The minimum absolute atomic E-state index is 0.00767. The Morgan fingerprint density at radius 2 is 1.82 bits per heavy atom. The number of hydrogen-bond acceptors (Lipinski definition) is 5. The summed E-state index contributed by atoms with van der Waals surface area (Å²) < 4.78 is 33.4. The molecule has 0 spiro atoms. The molecular weight excluding hydrogens is 384 g/mol. The first-order valence-electron chi connectivity index (χ1n) is 8.27. The molecule has 3 amide bonds. The van der Waals surface area contributed by atoms with E-state index >= 15 is 0 Å². The van der Waals surface area contributed by atoms with Gasteiger partial charge in [-0.3, -0.25) is 9.52 Å². The standard InChI is InChI=1S/C18H22N4O5S/c1-11-8-9-13(21-17(23)12(2)20-18(19)24)10-16(11)28(25,26)22-14-6-4-5-7-15(14)27-3/h4-10,12,22H,1-3H3,(H,21,23)(H3,19,20,24). The Hall–Kier alpha value is -3.27. The lowest BCUT2D eigenvalue weighted by molar-refractivity contribution is -0.117. The fourth-order valence-corrected chi connectivity index (χ4v) is 3.77. The highest BCUT2D eigenvalue weighted by atomic mass is 32.2. The van der Waals surface area contributed by atoms with E-state index in [9.17, 15) is 18.0 Å². The molecule has 0 aliphatic rings. The van der Waals surface area contributed by atoms with Gasteiger partial charge >= 0.3 is 6.03 Å². The highest BCUT2D eigenvalue weighted by molar-refractivity contribution is 7.92. The molecule has 10 heteroatoms. The molecule has 28 heavy (non-hydrogen) atoms. The second-order valence-corrected chi connectivity index (χ2v) is 7.66. The smallest absolute Gasteiger partial charge is 0.312 e. The van der Waals surface area contributed by atoms with Crippen molar-refractivity contribution in [2.75, 3.05) is 17.1 Å². The van der Waals surface area contributed by atoms with Gasteiger partial charge in [0.05, 0.1) is 17.7 Å². The number of nitrogens with one attached hydrogen (secondary N) is 3. The summed E-state index contributed by atoms with van der Waals surface area (Å²) in [6.45, 7) is 3.09. The van der Waals surface area contributed by atoms with Gasteiger partial charge in [-0.25, -0.2) is 13.2 Å². The summed E-state index contributed by atoms with van der Waals surface area (Å²) in [5.74, 6) is -0.164. The number of sulfonamides is 1. The molecule has 0 bridgehead atoms. The van der Waals surface area contributed by atoms with Crippen LogP contribution in [0.4, 0.5) is 16.2 Å². The number of benzene rings is 2. The third kappa shape index (κ3) is 5.13. The average Bonchev–Trinajstić information content (AvgIpc) is 2.62. The summed E-state index contributed by atoms with van der Waals surface area (Å²) in [6.07, 6.45) is 0. The van der Waals surface area contributed by atoms with Gasteiger partial charge < -0.3 is 21.1 Å². The van der Waals surface area contributed by atoms with Crippen molar-refractivity contribution in [3.05, 3.63) is 48.0 Å². The van der Waals surface area contributed by atoms with Crippen molar-refractivity contribution in [2.45, 2.75) is 24.8 Å². The maximum absolute atomic E-state index is 12.9. The number of nitrogens with two attached hydrogens (primary N) is 1. The van der Waals surface area contributed by atoms with E-state index in [2.05, 4.69) is 15.4 Å². The number of carbonyl (C=O) groups is 2. The highest BCUT2D eigenvalue weighted by Crippen LogP contribution is 2.28. The van der Waals surface area contributed by atoms with Gasteiger partial charge in [0.25, 0.3) is 10.0 Å². The zero-order valence-electron chi connectivity index (χ0n) is 15.6. The van der Waals surface area contributed by atoms with Crippen LogP contribution in [-0.4, -0.2) is 33.5 Å². The molecule has 0 fully saturated rings. The van der Waals surface area contributed by atoms with E-state index in [-0.39, 0.29) is 16.3 Å². The molecule has 0 saturated heterocycles. The zero-order valence-corrected chi connectivity index (χ0v) is 16.5. The summed E-state index contributed by atoms with van der Waals surface area (Å²) in [6, 6.07) is 9.35. The van der Waals surface area contributed by atoms with Crippen molar-refractivity contribution in [3.63, 3.8) is 0 Å². The molecule has 0 aliphatic heterocycles. The third-order valence-corrected chi connectivity index (χ3v) is 5.36. The number of carbonyl (C=O) groups excluding carboxylic acids is 2. The number of anilines is 2. The van der Waals surface area contributed by atoms with Crippen molar-refractivity contribution < 1.29 is 22.7 Å². The molecule has 2 rings (SSSR count). The number of ether oxygens (including phenoxy) is 1. The quantitative estimate of drug-likeness (QED) is 0.555. The van der Waals surface area contributed by atoms with E-state index in [1.54, 1.807) is 43.3 Å². The van der Waals surface area contributed by atoms with Gasteiger partial charge in [-0.15, -0.1) is 0 Å². The maximum Gasteiger partial charge on any atom is 0.312 e. The van der Waals surface area contributed by atoms with Crippen molar-refractivity contribution in [1.29, 1.82) is 0 Å². The fourth-order valence-electron chi connectivity index (χ4n) is 2.43. The van der Waals surface area contributed by atoms with Crippen LogP contribution >= 0.6 is 0 Å². The zero-order chi connectivity index (χ0) is 20.9. The number of rotatable bonds is 7. The topological polar surface area (TPSA) is 140 Å². The van der Waals surface area contributed by atoms with Gasteiger partial charge in [0, 0.05) is 5.69 Å². The van der Waals surface area contributed by atoms with Crippen molar-refractivity contribution in [2.24, 2.45) is 5.73 Å². The van der Waals surface area contributed by atoms with Gasteiger partial charge in [-0.05, 0) is 43.7 Å². The molecule has 2 aromatic carbocycles. The summed E-state index contributed by atoms with van der Waals surface area (Å²) in [7, 11) is -2.50. The molecular formula is C18H22N4O5S. The molecule has 150 valence electrons. The predicted octanol–water partition coefficient (Wildman–Crippen LogP) is 1.80. The molecule has 0 aliphatic carbocycles. The Morgan fingerprint density at radius 3 is 2.46 bits per heavy atom. The number of urea groups is 1. The molecule has 9 nitrogen and oxygen atoms in total. The van der Waals surface area contributed by atoms with Gasteiger partial charge in [0.15, 0.2) is 0 Å². The van der Waals surface area contributed by atoms with Crippen LogP contribution in [0.25, 0.3) is 0 Å². The number of para-hydroxylation sites is 2. The normalized spacial score (nSPS) is 12.0. The van der Waals surface area contributed by atoms with Crippen LogP contribution in [-0.2, 0) is 14.8 Å². The fraction of sp³-hybridized carbons (Fsp3) is 0.222. The Bertz CT molecular complexity index is 991. The van der Waals surface area contributed by atoms with Gasteiger partial charge in [-0.2, -0.15) is 0 Å². The van der Waals surface area contributed by atoms with Crippen LogP contribution in [0.2, 0.25) is 0 Å². The number of amides is 3. The molecule has 5 N–H and O–H groups in total. The number of primary amides is 1. The van der Waals surface area contributed by atoms with Crippen LogP contribution in [0.15, 0.2) is 47.4 Å². The second kappa shape index (κ2) is 8.61. The van der Waals surface area contributed by atoms with Crippen LogP contribution < -0.4 is 25.8 Å². The number of hydrogen-bond donors (Lipinski definition) is 4. The Labute approximate surface area is 163 Å². The van der Waals surface area contributed by atoms with Gasteiger partial charge in [-0.1, -0.05) is 18.2 Å². The van der Waals surface area contributed by atoms with E-state index < -0.39 is 28.0 Å². The first kappa shape index (κ1) is 21.0. The van der Waals surface area contributed by atoms with Crippen LogP contribution in [0.5, 0.6) is 5.75 Å². The molecule has 1 unspecified atom stereocenters. The molecule has 0 radical (unpaired) electrons. The second-order valence-electron chi connectivity index (χ2n) is 6.01. The minimum Gasteiger partial charge on any atom is -0.495 e. The van der Waals surface area contributed by atoms with E-state index in [1.807, 2.05) is 0 Å². The summed E-state index contributed by atoms with van der Waals surface area (Å²) in [4.78, 5) is 23.0. The first-order valence-corrected chi connectivity index (χ1v) is 9.75. The number of methoxy groups -OCH3 is 1. The van der Waals surface area contributed by atoms with Crippen molar-refractivity contribution in [1.82, 2.24) is 5.32 Å². The Morgan fingerprint density at radius 1 is 1.14 bits per heavy atom. The molecule has 0 heterocycles. The largest absolute Gasteiger partial charge is 0.495 e. The Kier molecular flexibility index (Phi) is 6.47. The number of aryl methyl sites for hydroxylation is 1. The first-order chi connectivity index (χ1) is 13.1. The lowest BCUT2D eigenvalue weighted by Gasteiger charge is -2.16. The van der Waals surface area contributed by atoms with Gasteiger partial charge in [0.1, 0.15) is 11.8 Å². The van der Waals surface area contributed by atoms with E-state index in [4.69, 9.17) is 10.5 Å². The van der Waals surface area contributed by atoms with Crippen LogP contribution in [0, 0.1) is 6.92 Å². The molecule has 0 saturated carbocycles. The van der Waals surface area contributed by atoms with E-state index in [0.717, 1.165) is 0 Å². The lowest BCUT2D eigenvalue weighted by atomic mass is 10.2. The third-order valence-electron chi connectivity index (χ3n) is 3.85. The lowest BCUT2D eigenvalue weighted by Crippen LogP contribution is -2.44. The average molecular weight is 406 g/mol. The van der Waals surface area contributed by atoms with Crippen LogP contribution in [0.1, 0.15) is 12.5 Å². The summed E-state index contributed by atoms with van der Waals surface area (Å²) >= 11 is 0. The maximum atomic E-state index is 12.9. The van der Waals surface area contributed by atoms with E-state index in [0.29, 0.717) is 11.3 Å². The summed E-state index contributed by atoms with van der Waals surface area (Å²) in [5, 5.41) is 4.79. The van der Waals surface area contributed by atoms with E-state index in [1.165, 1.54) is 20.1 Å². The molecule has 2 aromatic rings. The SMILES string of the molecule is COc1ccccc1NS(=O)(=O)c1cc(NC(=O)C(C)NC(N)=O)ccc1C. The highest BCUT2D eigenvalue weighted by Gasteiger charge is 2.21. The molecule has 0 aromatic heterocycles. The Balaban J connectivity index is 2.29. The predicted molar refractivity (Wildman–Crippen MR) is 106 cm³/mol. The van der Waals surface area contributed by atoms with Gasteiger partial charge in [0.2, 0.25) is 5.91 Å². The summed E-state index contributed by atoms with van der Waals surface area (Å²) in [5.41, 5.74) is 6.03.